The van der Waals surface area contributed by atoms with Gasteiger partial charge in [-0.3, -0.25) is 4.79 Å². The molecule has 0 aliphatic heterocycles. The molecule has 0 N–H and O–H groups in total. The monoisotopic (exact) mass is 202 g/mol. The van der Waals surface area contributed by atoms with E-state index in [1.807, 2.05) is 0 Å². The van der Waals surface area contributed by atoms with Gasteiger partial charge in [0.15, 0.2) is 0 Å². The molecule has 4 nitrogen and oxygen atoms in total. The first kappa shape index (κ1) is 10.2. The zero-order valence-corrected chi connectivity index (χ0v) is 8.12. The third kappa shape index (κ3) is 2.82. The largest absolute Gasteiger partial charge is 0.383 e. The van der Waals surface area contributed by atoms with Crippen LogP contribution in [0.15, 0.2) is 16.9 Å². The van der Waals surface area contributed by atoms with Crippen LogP contribution in [0.5, 0.6) is 0 Å². The Hall–Kier alpha value is -0.870. The number of hydrogen-bond acceptors (Lipinski definition) is 3. The maximum atomic E-state index is 11.2. The van der Waals surface area contributed by atoms with Crippen molar-refractivity contribution in [1.82, 2.24) is 9.78 Å². The predicted molar refractivity (Wildman–Crippen MR) is 49.9 cm³/mol. The lowest BCUT2D eigenvalue weighted by Gasteiger charge is -2.03. The van der Waals surface area contributed by atoms with Gasteiger partial charge in [0.05, 0.1) is 24.7 Å². The summed E-state index contributed by atoms with van der Waals surface area (Å²) in [6.07, 6.45) is 0. The SMILES string of the molecule is COCCn1nc(CCl)ccc1=O. The van der Waals surface area contributed by atoms with Gasteiger partial charge in [0.25, 0.3) is 5.56 Å². The topological polar surface area (TPSA) is 44.1 Å². The van der Waals surface area contributed by atoms with Crippen LogP contribution in [-0.2, 0) is 17.2 Å². The Balaban J connectivity index is 2.84. The molecular formula is C8H11ClN2O2. The van der Waals surface area contributed by atoms with Crippen LogP contribution in [0.2, 0.25) is 0 Å². The summed E-state index contributed by atoms with van der Waals surface area (Å²) in [5.41, 5.74) is 0.559. The Morgan fingerprint density at radius 1 is 1.62 bits per heavy atom. The summed E-state index contributed by atoms with van der Waals surface area (Å²) in [6.45, 7) is 0.929. The molecule has 0 fully saturated rings. The standard InChI is InChI=1S/C8H11ClN2O2/c1-13-5-4-11-8(12)3-2-7(6-9)10-11/h2-3H,4-6H2,1H3. The van der Waals surface area contributed by atoms with Crippen molar-refractivity contribution >= 4 is 11.6 Å². The van der Waals surface area contributed by atoms with Crippen LogP contribution in [-0.4, -0.2) is 23.5 Å². The third-order valence-electron chi connectivity index (χ3n) is 1.57. The number of rotatable bonds is 4. The molecule has 0 spiro atoms. The quantitative estimate of drug-likeness (QED) is 0.673. The van der Waals surface area contributed by atoms with Crippen molar-refractivity contribution in [2.45, 2.75) is 12.4 Å². The number of halogens is 1. The highest BCUT2D eigenvalue weighted by Crippen LogP contribution is 1.94. The molecule has 72 valence electrons. The molecule has 1 rings (SSSR count). The van der Waals surface area contributed by atoms with Crippen molar-refractivity contribution in [1.29, 1.82) is 0 Å². The van der Waals surface area contributed by atoms with Gasteiger partial charge in [0.2, 0.25) is 0 Å². The Morgan fingerprint density at radius 3 is 3.00 bits per heavy atom. The molecule has 0 radical (unpaired) electrons. The normalized spacial score (nSPS) is 10.3. The molecule has 0 aromatic carbocycles. The van der Waals surface area contributed by atoms with Crippen LogP contribution in [0.3, 0.4) is 0 Å². The fourth-order valence-electron chi connectivity index (χ4n) is 0.900. The van der Waals surface area contributed by atoms with E-state index in [4.69, 9.17) is 16.3 Å². The van der Waals surface area contributed by atoms with Gasteiger partial charge in [-0.05, 0) is 6.07 Å². The van der Waals surface area contributed by atoms with Crippen LogP contribution >= 0.6 is 11.6 Å². The maximum absolute atomic E-state index is 11.2. The Bertz CT molecular complexity index is 324. The molecule has 0 unspecified atom stereocenters. The van der Waals surface area contributed by atoms with E-state index < -0.39 is 0 Å². The summed E-state index contributed by atoms with van der Waals surface area (Å²) in [5.74, 6) is 0.313. The number of ether oxygens (including phenoxy) is 1. The van der Waals surface area contributed by atoms with E-state index in [-0.39, 0.29) is 5.56 Å². The summed E-state index contributed by atoms with van der Waals surface area (Å²) in [6, 6.07) is 3.08. The summed E-state index contributed by atoms with van der Waals surface area (Å²) in [4.78, 5) is 11.2. The summed E-state index contributed by atoms with van der Waals surface area (Å²) in [5, 5.41) is 4.02. The molecule has 1 aromatic heterocycles. The van der Waals surface area contributed by atoms with Crippen LogP contribution in [0.25, 0.3) is 0 Å². The highest BCUT2D eigenvalue weighted by atomic mass is 35.5. The molecule has 0 aliphatic rings. The minimum atomic E-state index is -0.133. The van der Waals surface area contributed by atoms with Gasteiger partial charge in [-0.1, -0.05) is 0 Å². The number of alkyl halides is 1. The van der Waals surface area contributed by atoms with Gasteiger partial charge in [0, 0.05) is 13.2 Å². The second-order valence-corrected chi connectivity index (χ2v) is 2.78. The first-order valence-electron chi connectivity index (χ1n) is 3.90. The van der Waals surface area contributed by atoms with E-state index in [1.54, 1.807) is 13.2 Å². The van der Waals surface area contributed by atoms with Gasteiger partial charge in [-0.2, -0.15) is 5.10 Å². The lowest BCUT2D eigenvalue weighted by Crippen LogP contribution is -2.24. The molecule has 0 atom stereocenters. The van der Waals surface area contributed by atoms with Gasteiger partial charge in [-0.15, -0.1) is 11.6 Å². The number of hydrogen-bond donors (Lipinski definition) is 0. The lowest BCUT2D eigenvalue weighted by atomic mass is 10.4. The van der Waals surface area contributed by atoms with Crippen LogP contribution < -0.4 is 5.56 Å². The molecule has 13 heavy (non-hydrogen) atoms. The average Bonchev–Trinajstić information content (AvgIpc) is 2.17. The fraction of sp³-hybridized carbons (Fsp3) is 0.500. The van der Waals surface area contributed by atoms with E-state index in [9.17, 15) is 4.79 Å². The van der Waals surface area contributed by atoms with E-state index >= 15 is 0 Å². The molecule has 5 heteroatoms. The second kappa shape index (κ2) is 4.99. The second-order valence-electron chi connectivity index (χ2n) is 2.51. The smallest absolute Gasteiger partial charge is 0.266 e. The van der Waals surface area contributed by atoms with Crippen LogP contribution in [0.1, 0.15) is 5.69 Å². The van der Waals surface area contributed by atoms with E-state index in [0.717, 1.165) is 0 Å². The zero-order valence-electron chi connectivity index (χ0n) is 7.36. The fourth-order valence-corrected chi connectivity index (χ4v) is 1.04. The van der Waals surface area contributed by atoms with E-state index in [2.05, 4.69) is 5.10 Å². The van der Waals surface area contributed by atoms with Crippen molar-refractivity contribution in [2.24, 2.45) is 0 Å². The molecule has 0 bridgehead atoms. The first-order valence-corrected chi connectivity index (χ1v) is 4.43. The highest BCUT2D eigenvalue weighted by Gasteiger charge is 1.98. The maximum Gasteiger partial charge on any atom is 0.266 e. The summed E-state index contributed by atoms with van der Waals surface area (Å²) < 4.78 is 6.19. The molecule has 0 amide bonds. The number of methoxy groups -OCH3 is 1. The predicted octanol–water partition coefficient (Wildman–Crippen LogP) is 0.628. The molecule has 1 heterocycles. The third-order valence-corrected chi connectivity index (χ3v) is 1.84. The highest BCUT2D eigenvalue weighted by molar-refractivity contribution is 6.16. The average molecular weight is 203 g/mol. The van der Waals surface area contributed by atoms with Crippen molar-refractivity contribution in [3.05, 3.63) is 28.2 Å². The zero-order chi connectivity index (χ0) is 9.68. The Morgan fingerprint density at radius 2 is 2.38 bits per heavy atom. The van der Waals surface area contributed by atoms with Gasteiger partial charge >= 0.3 is 0 Å². The summed E-state index contributed by atoms with van der Waals surface area (Å²) >= 11 is 5.58. The Kier molecular flexibility index (Phi) is 3.92. The van der Waals surface area contributed by atoms with Crippen molar-refractivity contribution in [3.63, 3.8) is 0 Å². The molecule has 0 aliphatic carbocycles. The minimum absolute atomic E-state index is 0.133. The van der Waals surface area contributed by atoms with Gasteiger partial charge in [0.1, 0.15) is 0 Å². The Labute approximate surface area is 81.1 Å². The lowest BCUT2D eigenvalue weighted by molar-refractivity contribution is 0.181. The number of aromatic nitrogens is 2. The van der Waals surface area contributed by atoms with Gasteiger partial charge in [-0.25, -0.2) is 4.68 Å². The van der Waals surface area contributed by atoms with Gasteiger partial charge < -0.3 is 4.74 Å². The van der Waals surface area contributed by atoms with E-state index in [0.29, 0.717) is 24.7 Å². The van der Waals surface area contributed by atoms with Crippen LogP contribution in [0.4, 0.5) is 0 Å². The molecule has 0 saturated heterocycles. The van der Waals surface area contributed by atoms with Crippen LogP contribution in [0, 0.1) is 0 Å². The van der Waals surface area contributed by atoms with E-state index in [1.165, 1.54) is 10.7 Å². The number of nitrogens with zero attached hydrogens (tertiary/aromatic N) is 2. The molecular weight excluding hydrogens is 192 g/mol. The first-order chi connectivity index (χ1) is 6.27. The van der Waals surface area contributed by atoms with Crippen molar-refractivity contribution in [2.75, 3.05) is 13.7 Å². The summed E-state index contributed by atoms with van der Waals surface area (Å²) in [7, 11) is 1.58. The molecule has 1 aromatic rings. The minimum Gasteiger partial charge on any atom is -0.383 e. The van der Waals surface area contributed by atoms with Crippen molar-refractivity contribution < 1.29 is 4.74 Å². The van der Waals surface area contributed by atoms with Crippen molar-refractivity contribution in [3.8, 4) is 0 Å². The molecule has 0 saturated carbocycles.